The molecular weight excluding hydrogens is 852 g/mol. The smallest absolute Gasteiger partial charge is 0.0345 e. The average Bonchev–Trinajstić information content (AvgIpc) is 3.63. The van der Waals surface area contributed by atoms with Crippen LogP contribution in [-0.4, -0.2) is 0 Å². The molecule has 0 spiro atoms. The number of anilines is 4. The number of aryl methyl sites for hydroxylation is 4. The van der Waals surface area contributed by atoms with Crippen molar-refractivity contribution in [3.8, 4) is 0 Å². The van der Waals surface area contributed by atoms with Crippen LogP contribution in [0.5, 0.6) is 0 Å². The van der Waals surface area contributed by atoms with Gasteiger partial charge < -0.3 is 14.8 Å². The third-order valence-corrected chi connectivity index (χ3v) is 10.9. The molecule has 0 amide bonds. The minimum Gasteiger partial charge on any atom is -0.656 e. The van der Waals surface area contributed by atoms with Gasteiger partial charge in [0.2, 0.25) is 0 Å². The summed E-state index contributed by atoms with van der Waals surface area (Å²) in [5.74, 6) is 0. The van der Waals surface area contributed by atoms with E-state index >= 15 is 0 Å². The molecule has 0 saturated carbocycles. The second kappa shape index (κ2) is 15.0. The largest absolute Gasteiger partial charge is 0.656 e. The molecule has 0 atom stereocenters. The minimum absolute atomic E-state index is 0. The fraction of sp³-hybridized carbons (Fsp3) is 0.392. The van der Waals surface area contributed by atoms with E-state index in [1.165, 1.54) is 78.0 Å². The summed E-state index contributed by atoms with van der Waals surface area (Å²) in [4.78, 5) is 9.55. The molecule has 7 rings (SSSR count). The van der Waals surface area contributed by atoms with E-state index in [0.29, 0.717) is 0 Å². The summed E-state index contributed by atoms with van der Waals surface area (Å²) in [6.45, 7) is 38.5. The number of hydrogen-bond acceptors (Lipinski definition) is 2. The molecule has 0 N–H and O–H groups in total. The third-order valence-electron chi connectivity index (χ3n) is 10.9. The predicted octanol–water partition coefficient (Wildman–Crippen LogP) is 14.5. The Labute approximate surface area is 348 Å². The van der Waals surface area contributed by atoms with Crippen molar-refractivity contribution < 1.29 is 22.4 Å². The van der Waals surface area contributed by atoms with Crippen molar-refractivity contribution in [1.29, 1.82) is 0 Å². The zero-order valence-corrected chi connectivity index (χ0v) is 38.5. The van der Waals surface area contributed by atoms with E-state index in [9.17, 15) is 0 Å². The average molecular weight is 915 g/mol. The summed E-state index contributed by atoms with van der Waals surface area (Å²) in [5, 5.41) is 2.59. The van der Waals surface area contributed by atoms with Gasteiger partial charge in [-0.25, -0.2) is 0 Å². The number of para-hydroxylation sites is 2. The van der Waals surface area contributed by atoms with Crippen molar-refractivity contribution in [2.24, 2.45) is 0 Å². The molecule has 1 aromatic heterocycles. The molecule has 1 aliphatic heterocycles. The molecule has 0 bridgehead atoms. The summed E-state index contributed by atoms with van der Waals surface area (Å²) >= 11 is 0. The summed E-state index contributed by atoms with van der Waals surface area (Å²) in [5.41, 5.74) is 18.1. The number of rotatable bonds is 2. The first kappa shape index (κ1) is 42.4. The van der Waals surface area contributed by atoms with Crippen LogP contribution in [0.2, 0.25) is 0 Å². The monoisotopic (exact) mass is 914 g/mol. The maximum atomic E-state index is 4.80. The Balaban J connectivity index is 0.000000268. The summed E-state index contributed by atoms with van der Waals surface area (Å²) in [6.07, 6.45) is 0. The van der Waals surface area contributed by atoms with E-state index in [2.05, 4.69) is 212 Å². The number of benzene rings is 5. The van der Waals surface area contributed by atoms with Gasteiger partial charge in [0.25, 0.3) is 0 Å². The van der Waals surface area contributed by atoms with Crippen LogP contribution < -0.4 is 14.8 Å². The third kappa shape index (κ3) is 8.80. The van der Waals surface area contributed by atoms with Gasteiger partial charge in [-0.3, -0.25) is 0 Å². The Bertz CT molecular complexity index is 2120. The van der Waals surface area contributed by atoms with Gasteiger partial charge in [-0.05, 0) is 119 Å². The molecular formula is C51H63AuN3-2. The van der Waals surface area contributed by atoms with Crippen LogP contribution in [-0.2, 0) is 44.0 Å². The predicted molar refractivity (Wildman–Crippen MR) is 236 cm³/mol. The molecule has 0 fully saturated rings. The molecule has 6 aromatic rings. The standard InChI is InChI=1S/C35H47N2.C16H16N.Au/c1-32(2,3)24-17-25(33(4,5)6)20-28(19-24)36-23-37(31-16-14-13-15-30(31)36)29-21-26(34(7,8)9)18-27(22-29)35(10,11)12;1-9-5-11(3)15-13(7-9)14-8-10(2)6-12(4)16(14)17-15;/h13-23H,1-12H3;5-8H,1-4H3;/q2*-1;. The first-order chi connectivity index (χ1) is 24.9. The molecule has 4 heteroatoms. The first-order valence-corrected chi connectivity index (χ1v) is 19.7. The summed E-state index contributed by atoms with van der Waals surface area (Å²) < 4.78 is 0. The van der Waals surface area contributed by atoms with Gasteiger partial charge in [0.1, 0.15) is 0 Å². The Morgan fingerprint density at radius 1 is 0.436 bits per heavy atom. The van der Waals surface area contributed by atoms with Crippen molar-refractivity contribution in [3.63, 3.8) is 0 Å². The van der Waals surface area contributed by atoms with Crippen molar-refractivity contribution >= 4 is 44.6 Å². The molecule has 0 aliphatic carbocycles. The Morgan fingerprint density at radius 3 is 1.04 bits per heavy atom. The number of fused-ring (bicyclic) bond motifs is 4. The fourth-order valence-electron chi connectivity index (χ4n) is 7.49. The topological polar surface area (TPSA) is 20.6 Å². The van der Waals surface area contributed by atoms with Crippen LogP contribution in [0.15, 0.2) is 84.9 Å². The molecule has 295 valence electrons. The van der Waals surface area contributed by atoms with Crippen LogP contribution in [0.4, 0.5) is 22.7 Å². The van der Waals surface area contributed by atoms with Gasteiger partial charge in [-0.1, -0.05) is 154 Å². The van der Waals surface area contributed by atoms with Crippen molar-refractivity contribution in [3.05, 3.63) is 136 Å². The van der Waals surface area contributed by atoms with Crippen molar-refractivity contribution in [1.82, 2.24) is 4.98 Å². The van der Waals surface area contributed by atoms with Gasteiger partial charge in [-0.2, -0.15) is 0 Å². The van der Waals surface area contributed by atoms with E-state index in [0.717, 1.165) is 11.0 Å². The second-order valence-electron chi connectivity index (χ2n) is 19.9. The molecule has 5 aromatic carbocycles. The van der Waals surface area contributed by atoms with E-state index in [4.69, 9.17) is 4.98 Å². The molecule has 2 heterocycles. The Hall–Kier alpha value is -3.76. The maximum Gasteiger partial charge on any atom is 0.0345 e. The van der Waals surface area contributed by atoms with E-state index in [1.807, 2.05) is 0 Å². The van der Waals surface area contributed by atoms with Crippen molar-refractivity contribution in [2.75, 3.05) is 9.80 Å². The Morgan fingerprint density at radius 2 is 0.745 bits per heavy atom. The molecule has 0 unspecified atom stereocenters. The quantitative estimate of drug-likeness (QED) is 0.128. The fourth-order valence-corrected chi connectivity index (χ4v) is 7.49. The summed E-state index contributed by atoms with van der Waals surface area (Å²) in [6, 6.07) is 32.0. The molecule has 1 radical (unpaired) electrons. The van der Waals surface area contributed by atoms with Crippen molar-refractivity contribution in [2.45, 2.75) is 132 Å². The van der Waals surface area contributed by atoms with Crippen LogP contribution >= 0.6 is 0 Å². The normalized spacial score (nSPS) is 13.5. The van der Waals surface area contributed by atoms with Gasteiger partial charge in [-0.15, -0.1) is 17.7 Å². The van der Waals surface area contributed by atoms with E-state index < -0.39 is 0 Å². The van der Waals surface area contributed by atoms with Gasteiger partial charge in [0.05, 0.1) is 0 Å². The first-order valence-electron chi connectivity index (χ1n) is 19.7. The van der Waals surface area contributed by atoms with Crippen LogP contribution in [0, 0.1) is 34.4 Å². The Kier molecular flexibility index (Phi) is 11.5. The van der Waals surface area contributed by atoms with Gasteiger partial charge in [0, 0.05) is 45.1 Å². The number of aromatic nitrogens is 1. The zero-order valence-electron chi connectivity index (χ0n) is 36.3. The van der Waals surface area contributed by atoms with Crippen LogP contribution in [0.25, 0.3) is 21.8 Å². The second-order valence-corrected chi connectivity index (χ2v) is 19.9. The minimum atomic E-state index is 0. The SMILES string of the molecule is CC(C)(C)c1cc(N2[CH-]N(c3cc(C(C)(C)C)cc(C(C)(C)C)c3)c3ccccc32)cc(C(C)(C)C)c1.Cc1cc(C)c2[n-]c3c(C)cc(C)cc3c2c1.[Au]. The van der Waals surface area contributed by atoms with E-state index in [-0.39, 0.29) is 44.0 Å². The summed E-state index contributed by atoms with van der Waals surface area (Å²) in [7, 11) is 0. The van der Waals surface area contributed by atoms with Gasteiger partial charge in [0.15, 0.2) is 0 Å². The van der Waals surface area contributed by atoms with Crippen LogP contribution in [0.3, 0.4) is 0 Å². The molecule has 1 aliphatic rings. The maximum absolute atomic E-state index is 4.80. The molecule has 3 nitrogen and oxygen atoms in total. The zero-order chi connectivity index (χ0) is 39.7. The number of hydrogen-bond donors (Lipinski definition) is 0. The molecule has 55 heavy (non-hydrogen) atoms. The molecule has 0 saturated heterocycles. The van der Waals surface area contributed by atoms with Crippen LogP contribution in [0.1, 0.15) is 128 Å². The van der Waals surface area contributed by atoms with Gasteiger partial charge >= 0.3 is 0 Å². The number of nitrogens with zero attached hydrogens (tertiary/aromatic N) is 3. The van der Waals surface area contributed by atoms with E-state index in [1.54, 1.807) is 0 Å².